The number of phenolic OH excluding ortho intramolecular Hbond substituents is 1. The van der Waals surface area contributed by atoms with E-state index >= 15 is 0 Å². The highest BCUT2D eigenvalue weighted by Gasteiger charge is 2.17. The third-order valence-electron chi connectivity index (χ3n) is 2.00. The molecule has 0 radical (unpaired) electrons. The van der Waals surface area contributed by atoms with E-state index in [2.05, 4.69) is 5.32 Å². The van der Waals surface area contributed by atoms with Gasteiger partial charge in [-0.25, -0.2) is 0 Å². The first-order valence-corrected chi connectivity index (χ1v) is 5.03. The number of nitro benzene ring substituents is 1. The number of nitro groups is 1. The molecule has 94 valence electrons. The van der Waals surface area contributed by atoms with E-state index in [9.17, 15) is 15.2 Å². The molecule has 1 rings (SSSR count). The van der Waals surface area contributed by atoms with Gasteiger partial charge in [-0.2, -0.15) is 0 Å². The Kier molecular flexibility index (Phi) is 4.50. The molecule has 1 aromatic carbocycles. The topological polar surface area (TPSA) is 116 Å². The van der Waals surface area contributed by atoms with Crippen LogP contribution in [0.3, 0.4) is 0 Å². The van der Waals surface area contributed by atoms with Crippen LogP contribution in [0.4, 0.5) is 11.4 Å². The number of phenols is 1. The van der Waals surface area contributed by atoms with Gasteiger partial charge in [-0.05, 0) is 6.07 Å². The zero-order valence-electron chi connectivity index (χ0n) is 8.63. The summed E-state index contributed by atoms with van der Waals surface area (Å²) in [6.45, 7) is -0.537. The van der Waals surface area contributed by atoms with Gasteiger partial charge in [-0.1, -0.05) is 11.6 Å². The number of nitrogens with zero attached hydrogens (tertiary/aromatic N) is 1. The minimum Gasteiger partial charge on any atom is -0.506 e. The molecule has 0 bridgehead atoms. The Balaban J connectivity index is 2.96. The average Bonchev–Trinajstić information content (AvgIpc) is 2.29. The second-order valence-corrected chi connectivity index (χ2v) is 3.70. The lowest BCUT2D eigenvalue weighted by atomic mass is 10.2. The lowest BCUT2D eigenvalue weighted by Gasteiger charge is -2.11. The van der Waals surface area contributed by atoms with E-state index in [1.54, 1.807) is 0 Å². The molecule has 0 spiro atoms. The summed E-state index contributed by atoms with van der Waals surface area (Å²) in [5.74, 6) is -0.397. The highest BCUT2D eigenvalue weighted by atomic mass is 35.5. The summed E-state index contributed by atoms with van der Waals surface area (Å²) in [6, 6.07) is 2.09. The molecule has 17 heavy (non-hydrogen) atoms. The molecule has 4 N–H and O–H groups in total. The minimum atomic E-state index is -1.04. The predicted octanol–water partition coefficient (Wildman–Crippen LogP) is 0.719. The van der Waals surface area contributed by atoms with E-state index in [4.69, 9.17) is 21.8 Å². The second kappa shape index (κ2) is 5.67. The molecule has 0 aliphatic rings. The third kappa shape index (κ3) is 3.45. The lowest BCUT2D eigenvalue weighted by Crippen LogP contribution is -2.23. The van der Waals surface area contributed by atoms with Crippen LogP contribution in [0.15, 0.2) is 12.1 Å². The van der Waals surface area contributed by atoms with Gasteiger partial charge >= 0.3 is 0 Å². The van der Waals surface area contributed by atoms with Crippen LogP contribution >= 0.6 is 11.6 Å². The number of halogens is 1. The normalized spacial score (nSPS) is 12.2. The van der Waals surface area contributed by atoms with Gasteiger partial charge in [-0.15, -0.1) is 0 Å². The van der Waals surface area contributed by atoms with Crippen LogP contribution in [-0.4, -0.2) is 39.5 Å². The van der Waals surface area contributed by atoms with Crippen LogP contribution in [0, 0.1) is 10.1 Å². The maximum Gasteiger partial charge on any atom is 0.296 e. The first kappa shape index (κ1) is 13.5. The number of benzene rings is 1. The van der Waals surface area contributed by atoms with E-state index in [1.807, 2.05) is 0 Å². The fourth-order valence-electron chi connectivity index (χ4n) is 1.14. The van der Waals surface area contributed by atoms with E-state index in [-0.39, 0.29) is 22.9 Å². The second-order valence-electron chi connectivity index (χ2n) is 3.30. The number of hydrogen-bond donors (Lipinski definition) is 4. The SMILES string of the molecule is O=[N+]([O-])c1cc(O)c(Cl)cc1NCC(O)CO. The first-order chi connectivity index (χ1) is 7.95. The molecule has 1 unspecified atom stereocenters. The summed E-state index contributed by atoms with van der Waals surface area (Å²) in [6.07, 6.45) is -1.04. The molecule has 1 aromatic rings. The van der Waals surface area contributed by atoms with Crippen LogP contribution in [0.1, 0.15) is 0 Å². The molecule has 0 saturated heterocycles. The smallest absolute Gasteiger partial charge is 0.296 e. The van der Waals surface area contributed by atoms with Gasteiger partial charge in [0.2, 0.25) is 0 Å². The fourth-order valence-corrected chi connectivity index (χ4v) is 1.30. The molecule has 0 amide bonds. The van der Waals surface area contributed by atoms with Gasteiger partial charge in [0, 0.05) is 6.54 Å². The molecular formula is C9H11ClN2O5. The van der Waals surface area contributed by atoms with E-state index < -0.39 is 23.4 Å². The van der Waals surface area contributed by atoms with Crippen LogP contribution in [0.2, 0.25) is 5.02 Å². The number of nitrogens with one attached hydrogen (secondary N) is 1. The van der Waals surface area contributed by atoms with Crippen LogP contribution in [-0.2, 0) is 0 Å². The maximum atomic E-state index is 10.7. The predicted molar refractivity (Wildman–Crippen MR) is 61.4 cm³/mol. The van der Waals surface area contributed by atoms with E-state index in [0.717, 1.165) is 6.07 Å². The van der Waals surface area contributed by atoms with Crippen LogP contribution < -0.4 is 5.32 Å². The Bertz CT molecular complexity index is 426. The van der Waals surface area contributed by atoms with Gasteiger partial charge in [-0.3, -0.25) is 10.1 Å². The Hall–Kier alpha value is -1.57. The van der Waals surface area contributed by atoms with Crippen molar-refractivity contribution in [2.45, 2.75) is 6.10 Å². The Morgan fingerprint density at radius 1 is 1.53 bits per heavy atom. The Labute approximate surface area is 101 Å². The average molecular weight is 263 g/mol. The monoisotopic (exact) mass is 262 g/mol. The minimum absolute atomic E-state index is 0.0448. The zero-order chi connectivity index (χ0) is 13.0. The van der Waals surface area contributed by atoms with Crippen molar-refractivity contribution < 1.29 is 20.2 Å². The first-order valence-electron chi connectivity index (χ1n) is 4.65. The summed E-state index contributed by atoms with van der Waals surface area (Å²) < 4.78 is 0. The van der Waals surface area contributed by atoms with Gasteiger partial charge in [0.25, 0.3) is 5.69 Å². The van der Waals surface area contributed by atoms with Crippen molar-refractivity contribution >= 4 is 23.0 Å². The highest BCUT2D eigenvalue weighted by Crippen LogP contribution is 2.34. The standard InChI is InChI=1S/C9H11ClN2O5/c10-6-1-7(11-3-5(14)4-13)8(12(16)17)2-9(6)15/h1-2,5,11,13-15H,3-4H2. The van der Waals surface area contributed by atoms with Crippen molar-refractivity contribution in [1.82, 2.24) is 0 Å². The number of hydrogen-bond acceptors (Lipinski definition) is 6. The number of anilines is 1. The number of aliphatic hydroxyl groups excluding tert-OH is 2. The van der Waals surface area contributed by atoms with Crippen molar-refractivity contribution in [3.05, 3.63) is 27.3 Å². The van der Waals surface area contributed by atoms with Crippen molar-refractivity contribution in [1.29, 1.82) is 0 Å². The van der Waals surface area contributed by atoms with E-state index in [1.165, 1.54) is 6.07 Å². The number of aliphatic hydroxyl groups is 2. The van der Waals surface area contributed by atoms with Gasteiger partial charge in [0.15, 0.2) is 0 Å². The maximum absolute atomic E-state index is 10.7. The van der Waals surface area contributed by atoms with Crippen molar-refractivity contribution in [2.24, 2.45) is 0 Å². The fraction of sp³-hybridized carbons (Fsp3) is 0.333. The Morgan fingerprint density at radius 2 is 2.18 bits per heavy atom. The van der Waals surface area contributed by atoms with Gasteiger partial charge in [0.05, 0.1) is 28.7 Å². The summed E-state index contributed by atoms with van der Waals surface area (Å²) in [7, 11) is 0. The van der Waals surface area contributed by atoms with Crippen LogP contribution in [0.5, 0.6) is 5.75 Å². The number of aromatic hydroxyl groups is 1. The van der Waals surface area contributed by atoms with Crippen molar-refractivity contribution in [3.8, 4) is 5.75 Å². The summed E-state index contributed by atoms with van der Waals surface area (Å²) in [5, 5.41) is 40.2. The van der Waals surface area contributed by atoms with E-state index in [0.29, 0.717) is 0 Å². The largest absolute Gasteiger partial charge is 0.506 e. The molecule has 0 aromatic heterocycles. The Morgan fingerprint density at radius 3 is 2.71 bits per heavy atom. The van der Waals surface area contributed by atoms with Crippen LogP contribution in [0.25, 0.3) is 0 Å². The molecule has 0 saturated carbocycles. The molecule has 0 heterocycles. The lowest BCUT2D eigenvalue weighted by molar-refractivity contribution is -0.384. The molecule has 1 atom stereocenters. The number of rotatable bonds is 5. The summed E-state index contributed by atoms with van der Waals surface area (Å²) in [5.41, 5.74) is -0.303. The third-order valence-corrected chi connectivity index (χ3v) is 2.30. The van der Waals surface area contributed by atoms with Gasteiger partial charge in [0.1, 0.15) is 11.4 Å². The molecule has 7 nitrogen and oxygen atoms in total. The quantitative estimate of drug-likeness (QED) is 0.353. The zero-order valence-corrected chi connectivity index (χ0v) is 9.39. The summed E-state index contributed by atoms with van der Waals surface area (Å²) >= 11 is 5.62. The molecular weight excluding hydrogens is 252 g/mol. The molecule has 0 aliphatic heterocycles. The highest BCUT2D eigenvalue weighted by molar-refractivity contribution is 6.32. The molecule has 0 aliphatic carbocycles. The molecule has 8 heteroatoms. The summed E-state index contributed by atoms with van der Waals surface area (Å²) in [4.78, 5) is 10.0. The van der Waals surface area contributed by atoms with Crippen molar-refractivity contribution in [2.75, 3.05) is 18.5 Å². The van der Waals surface area contributed by atoms with Crippen molar-refractivity contribution in [3.63, 3.8) is 0 Å². The molecule has 0 fully saturated rings. The van der Waals surface area contributed by atoms with Gasteiger partial charge < -0.3 is 20.6 Å².